The smallest absolute Gasteiger partial charge is 0.186 e. The van der Waals surface area contributed by atoms with Crippen molar-refractivity contribution in [1.82, 2.24) is 0 Å². The van der Waals surface area contributed by atoms with E-state index in [9.17, 15) is 25.5 Å². The number of aliphatic hydroxyl groups excluding tert-OH is 5. The maximum absolute atomic E-state index is 12.0. The number of hydrogen-bond acceptors (Lipinski definition) is 8. The third kappa shape index (κ3) is 3.80. The Morgan fingerprint density at radius 1 is 0.818 bits per heavy atom. The third-order valence-corrected chi connectivity index (χ3v) is 15.7. The van der Waals surface area contributed by atoms with Crippen molar-refractivity contribution in [3.63, 3.8) is 0 Å². The molecule has 4 saturated carbocycles. The maximum Gasteiger partial charge on any atom is 0.186 e. The molecule has 1 spiro atoms. The molecule has 7 aliphatic rings. The largest absolute Gasteiger partial charge is 0.394 e. The molecule has 0 aromatic rings. The minimum atomic E-state index is -1.45. The molecule has 2 heterocycles. The van der Waals surface area contributed by atoms with Crippen molar-refractivity contribution < 1.29 is 39.7 Å². The van der Waals surface area contributed by atoms with Gasteiger partial charge in [-0.3, -0.25) is 0 Å². The summed E-state index contributed by atoms with van der Waals surface area (Å²) in [6.07, 6.45) is 5.95. The van der Waals surface area contributed by atoms with Gasteiger partial charge in [0.15, 0.2) is 6.29 Å². The number of ether oxygens (including phenoxy) is 3. The van der Waals surface area contributed by atoms with Crippen LogP contribution in [0.4, 0.5) is 0 Å². The number of aliphatic hydroxyl groups is 5. The van der Waals surface area contributed by atoms with Crippen LogP contribution in [0.25, 0.3) is 0 Å². The molecule has 15 atom stereocenters. The highest BCUT2D eigenvalue weighted by Crippen LogP contribution is 2.79. The Balaban J connectivity index is 1.20. The van der Waals surface area contributed by atoms with E-state index >= 15 is 0 Å². The second-order valence-electron chi connectivity index (χ2n) is 18.3. The van der Waals surface area contributed by atoms with Crippen LogP contribution in [0, 0.1) is 50.2 Å². The zero-order valence-electron chi connectivity index (χ0n) is 28.0. The van der Waals surface area contributed by atoms with Gasteiger partial charge in [-0.2, -0.15) is 0 Å². The molecule has 8 nitrogen and oxygen atoms in total. The first kappa shape index (κ1) is 32.0. The summed E-state index contributed by atoms with van der Waals surface area (Å²) in [4.78, 5) is 0. The summed E-state index contributed by atoms with van der Waals surface area (Å²) >= 11 is 0. The van der Waals surface area contributed by atoms with E-state index in [4.69, 9.17) is 14.2 Å². The molecule has 8 heteroatoms. The fourth-order valence-electron chi connectivity index (χ4n) is 12.9. The Labute approximate surface area is 263 Å². The lowest BCUT2D eigenvalue weighted by molar-refractivity contribution is -0.330. The van der Waals surface area contributed by atoms with Gasteiger partial charge < -0.3 is 39.7 Å². The Hall–Kier alpha value is -0.580. The molecule has 0 unspecified atom stereocenters. The quantitative estimate of drug-likeness (QED) is 0.238. The Bertz CT molecular complexity index is 1180. The lowest BCUT2D eigenvalue weighted by atomic mass is 9.32. The summed E-state index contributed by atoms with van der Waals surface area (Å²) in [7, 11) is 0. The van der Waals surface area contributed by atoms with E-state index < -0.39 is 37.3 Å². The summed E-state index contributed by atoms with van der Waals surface area (Å²) in [6, 6.07) is 0. The fourth-order valence-corrected chi connectivity index (χ4v) is 12.9. The highest BCUT2D eigenvalue weighted by atomic mass is 16.7. The van der Waals surface area contributed by atoms with Crippen molar-refractivity contribution in [3.05, 3.63) is 12.2 Å². The minimum absolute atomic E-state index is 0.00319. The molecule has 0 radical (unpaired) electrons. The predicted molar refractivity (Wildman–Crippen MR) is 164 cm³/mol. The van der Waals surface area contributed by atoms with Gasteiger partial charge in [0.05, 0.1) is 31.0 Å². The number of rotatable bonds is 3. The molecule has 44 heavy (non-hydrogen) atoms. The second-order valence-corrected chi connectivity index (χ2v) is 18.3. The second kappa shape index (κ2) is 9.74. The van der Waals surface area contributed by atoms with Gasteiger partial charge in [0.2, 0.25) is 0 Å². The lowest BCUT2D eigenvalue weighted by Crippen LogP contribution is -2.72. The topological polar surface area (TPSA) is 129 Å². The van der Waals surface area contributed by atoms with Crippen LogP contribution >= 0.6 is 0 Å². The van der Waals surface area contributed by atoms with Crippen molar-refractivity contribution >= 4 is 0 Å². The van der Waals surface area contributed by atoms with Crippen LogP contribution in [0.15, 0.2) is 12.2 Å². The van der Waals surface area contributed by atoms with Gasteiger partial charge in [0.1, 0.15) is 24.4 Å². The van der Waals surface area contributed by atoms with E-state index in [2.05, 4.69) is 60.6 Å². The van der Waals surface area contributed by atoms with E-state index in [1.54, 1.807) is 0 Å². The van der Waals surface area contributed by atoms with Gasteiger partial charge in [-0.15, -0.1) is 0 Å². The van der Waals surface area contributed by atoms with E-state index in [-0.39, 0.29) is 50.3 Å². The first-order valence-electron chi connectivity index (χ1n) is 17.4. The normalized spacial score (nSPS) is 58.8. The van der Waals surface area contributed by atoms with Crippen molar-refractivity contribution in [3.8, 4) is 0 Å². The van der Waals surface area contributed by atoms with E-state index in [1.807, 2.05) is 0 Å². The van der Waals surface area contributed by atoms with Crippen LogP contribution < -0.4 is 0 Å². The Kier molecular flexibility index (Phi) is 7.08. The van der Waals surface area contributed by atoms with E-state index in [0.717, 1.165) is 51.4 Å². The van der Waals surface area contributed by atoms with Gasteiger partial charge in [-0.05, 0) is 84.9 Å². The summed E-state index contributed by atoms with van der Waals surface area (Å²) in [5, 5.41) is 53.1. The average molecular weight is 619 g/mol. The molecule has 2 bridgehead atoms. The van der Waals surface area contributed by atoms with E-state index in [1.165, 1.54) is 0 Å². The zero-order chi connectivity index (χ0) is 31.9. The van der Waals surface area contributed by atoms with Crippen LogP contribution in [0.3, 0.4) is 0 Å². The standard InChI is InChI=1S/C36H58O8/c1-30(2)14-15-35-19-42-36(23(35)16-30)13-9-22-32(5)11-10-25(44-29-28(41)27(40)26(39)20(18-37)43-29)31(3,4)21(32)8-12-33(22,6)34(36,7)17-24(35)38/h9,13,20-29,37-41H,8,10-12,14-19H2,1-7H3/t20-,21+,22-,23-,24+,25+,26-,27+,28-,29+,32+,33-,34+,35-,36+/m1/s1. The molecule has 2 aliphatic heterocycles. The van der Waals surface area contributed by atoms with Gasteiger partial charge in [-0.25, -0.2) is 0 Å². The summed E-state index contributed by atoms with van der Waals surface area (Å²) in [5.41, 5.74) is -0.744. The maximum atomic E-state index is 12.0. The molecule has 2 saturated heterocycles. The molecule has 0 aromatic carbocycles. The van der Waals surface area contributed by atoms with Crippen LogP contribution in [0.2, 0.25) is 0 Å². The van der Waals surface area contributed by atoms with Crippen LogP contribution in [0.1, 0.15) is 99.8 Å². The summed E-state index contributed by atoms with van der Waals surface area (Å²) in [6.45, 7) is 16.9. The molecule has 5 N–H and O–H groups in total. The Morgan fingerprint density at radius 3 is 2.25 bits per heavy atom. The van der Waals surface area contributed by atoms with Crippen LogP contribution in [0.5, 0.6) is 0 Å². The highest BCUT2D eigenvalue weighted by molar-refractivity contribution is 5.36. The van der Waals surface area contributed by atoms with Gasteiger partial charge in [0.25, 0.3) is 0 Å². The fraction of sp³-hybridized carbons (Fsp3) is 0.944. The van der Waals surface area contributed by atoms with Crippen LogP contribution in [-0.4, -0.2) is 87.3 Å². The molecular formula is C36H58O8. The molecule has 6 fully saturated rings. The zero-order valence-corrected chi connectivity index (χ0v) is 28.0. The number of allylic oxidation sites excluding steroid dienone is 1. The van der Waals surface area contributed by atoms with E-state index in [0.29, 0.717) is 24.4 Å². The monoisotopic (exact) mass is 618 g/mol. The molecule has 0 amide bonds. The summed E-state index contributed by atoms with van der Waals surface area (Å²) in [5.74, 6) is 0.980. The molecule has 250 valence electrons. The van der Waals surface area contributed by atoms with Crippen molar-refractivity contribution in [1.29, 1.82) is 0 Å². The Morgan fingerprint density at radius 2 is 1.55 bits per heavy atom. The van der Waals surface area contributed by atoms with Gasteiger partial charge in [-0.1, -0.05) is 60.6 Å². The summed E-state index contributed by atoms with van der Waals surface area (Å²) < 4.78 is 19.3. The number of hydrogen-bond donors (Lipinski definition) is 5. The minimum Gasteiger partial charge on any atom is -0.394 e. The SMILES string of the molecule is CC1(C)CC[C@]23CO[C@@]4(C=C[C@@H]5[C@@]6(C)CC[C@H](O[C@@H]7O[C@H](CO)[C@@H](O)[C@H](O)[C@H]7O)C(C)(C)[C@@H]6CC[C@@]5(C)[C@]4(C)C[C@@H]2O)[C@@H]3C1. The molecule has 0 aromatic heterocycles. The average Bonchev–Trinajstić information content (AvgIpc) is 3.22. The van der Waals surface area contributed by atoms with Gasteiger partial charge >= 0.3 is 0 Å². The molecular weight excluding hydrogens is 560 g/mol. The molecule has 7 rings (SSSR count). The van der Waals surface area contributed by atoms with Crippen LogP contribution in [-0.2, 0) is 14.2 Å². The van der Waals surface area contributed by atoms with Crippen molar-refractivity contribution in [2.75, 3.05) is 13.2 Å². The van der Waals surface area contributed by atoms with Gasteiger partial charge in [0, 0.05) is 16.7 Å². The van der Waals surface area contributed by atoms with Crippen molar-refractivity contribution in [2.45, 2.75) is 148 Å². The first-order chi connectivity index (χ1) is 20.4. The third-order valence-electron chi connectivity index (χ3n) is 15.7. The predicted octanol–water partition coefficient (Wildman–Crippen LogP) is 3.95. The van der Waals surface area contributed by atoms with Crippen molar-refractivity contribution in [2.24, 2.45) is 50.2 Å². The first-order valence-corrected chi connectivity index (χ1v) is 17.4. The molecule has 5 aliphatic carbocycles. The lowest BCUT2D eigenvalue weighted by Gasteiger charge is -2.73. The highest BCUT2D eigenvalue weighted by Gasteiger charge is 2.79. The number of fused-ring (bicyclic) bond motifs is 4.